The second-order valence-corrected chi connectivity index (χ2v) is 12.8. The van der Waals surface area contributed by atoms with Crippen molar-refractivity contribution in [3.63, 3.8) is 0 Å². The van der Waals surface area contributed by atoms with Crippen molar-refractivity contribution in [2.45, 2.75) is 37.9 Å². The number of carbonyl (C=O) groups excluding carboxylic acids is 1. The highest BCUT2D eigenvalue weighted by molar-refractivity contribution is 6.95. The van der Waals surface area contributed by atoms with Crippen LogP contribution in [0.25, 0.3) is 16.0 Å². The van der Waals surface area contributed by atoms with E-state index < -0.39 is 8.07 Å². The van der Waals surface area contributed by atoms with Crippen molar-refractivity contribution in [2.75, 3.05) is 7.11 Å². The standard InChI is InChI=1S/C21H22O2Si/c1-23-21-19-14-10-9-13(11-14)18(19)15-7-5-6-8-16(15)20(21)17(12-22)24(2,3)4/h5-10,13-14H,11H2,1-4H3. The van der Waals surface area contributed by atoms with E-state index in [1.807, 2.05) is 6.07 Å². The van der Waals surface area contributed by atoms with E-state index in [1.54, 1.807) is 7.11 Å². The van der Waals surface area contributed by atoms with Crippen molar-refractivity contribution in [3.8, 4) is 5.75 Å². The van der Waals surface area contributed by atoms with Crippen LogP contribution in [-0.2, 0) is 4.79 Å². The number of allylic oxidation sites excluding steroid dienone is 2. The fourth-order valence-electron chi connectivity index (χ4n) is 4.39. The van der Waals surface area contributed by atoms with Crippen LogP contribution in [0.3, 0.4) is 0 Å². The third-order valence-electron chi connectivity index (χ3n) is 5.38. The van der Waals surface area contributed by atoms with Gasteiger partial charge in [0.2, 0.25) is 0 Å². The van der Waals surface area contributed by atoms with Crippen molar-refractivity contribution < 1.29 is 9.53 Å². The van der Waals surface area contributed by atoms with E-state index in [9.17, 15) is 4.79 Å². The van der Waals surface area contributed by atoms with Crippen LogP contribution in [0.2, 0.25) is 19.6 Å². The molecule has 0 amide bonds. The van der Waals surface area contributed by atoms with Gasteiger partial charge in [0.1, 0.15) is 11.7 Å². The smallest absolute Gasteiger partial charge is 0.131 e. The van der Waals surface area contributed by atoms with Gasteiger partial charge in [-0.2, -0.15) is 0 Å². The molecular formula is C21H22O2Si. The number of hydrogen-bond donors (Lipinski definition) is 0. The van der Waals surface area contributed by atoms with Gasteiger partial charge < -0.3 is 4.74 Å². The molecule has 0 spiro atoms. The minimum atomic E-state index is -1.85. The molecule has 3 heteroatoms. The van der Waals surface area contributed by atoms with Crippen LogP contribution >= 0.6 is 0 Å². The molecule has 2 atom stereocenters. The minimum Gasteiger partial charge on any atom is -0.496 e. The lowest BCUT2D eigenvalue weighted by Crippen LogP contribution is -2.24. The van der Waals surface area contributed by atoms with Gasteiger partial charge in [0, 0.05) is 28.2 Å². The van der Waals surface area contributed by atoms with E-state index in [0.29, 0.717) is 11.8 Å². The van der Waals surface area contributed by atoms with Gasteiger partial charge >= 0.3 is 0 Å². The molecule has 0 radical (unpaired) electrons. The summed E-state index contributed by atoms with van der Waals surface area (Å²) >= 11 is 0. The summed E-state index contributed by atoms with van der Waals surface area (Å²) in [5, 5.41) is 3.23. The Morgan fingerprint density at radius 3 is 2.29 bits per heavy atom. The van der Waals surface area contributed by atoms with Gasteiger partial charge in [-0.3, -0.25) is 0 Å². The van der Waals surface area contributed by atoms with E-state index in [-0.39, 0.29) is 0 Å². The van der Waals surface area contributed by atoms with Gasteiger partial charge in [-0.1, -0.05) is 56.1 Å². The summed E-state index contributed by atoms with van der Waals surface area (Å²) in [6.45, 7) is 6.59. The zero-order valence-corrected chi connectivity index (χ0v) is 15.6. The molecule has 0 N–H and O–H groups in total. The first kappa shape index (κ1) is 15.4. The molecule has 2 unspecified atom stereocenters. The van der Waals surface area contributed by atoms with Crippen molar-refractivity contribution in [3.05, 3.63) is 53.1 Å². The summed E-state index contributed by atoms with van der Waals surface area (Å²) in [7, 11) is -0.119. The minimum absolute atomic E-state index is 0.415. The maximum absolute atomic E-state index is 11.9. The van der Waals surface area contributed by atoms with E-state index in [2.05, 4.69) is 55.9 Å². The molecule has 2 aliphatic carbocycles. The fraction of sp³-hybridized carbons (Fsp3) is 0.333. The highest BCUT2D eigenvalue weighted by Gasteiger charge is 2.40. The maximum atomic E-state index is 11.9. The Morgan fingerprint density at radius 2 is 1.71 bits per heavy atom. The molecule has 2 aromatic rings. The summed E-state index contributed by atoms with van der Waals surface area (Å²) in [4.78, 5) is 11.9. The molecule has 122 valence electrons. The number of methoxy groups -OCH3 is 1. The van der Waals surface area contributed by atoms with E-state index >= 15 is 0 Å². The molecule has 2 bridgehead atoms. The topological polar surface area (TPSA) is 26.3 Å². The van der Waals surface area contributed by atoms with E-state index in [4.69, 9.17) is 4.74 Å². The summed E-state index contributed by atoms with van der Waals surface area (Å²) in [5.74, 6) is 4.09. The molecule has 2 aliphatic rings. The van der Waals surface area contributed by atoms with Crippen LogP contribution in [0.4, 0.5) is 0 Å². The molecule has 0 heterocycles. The van der Waals surface area contributed by atoms with Gasteiger partial charge in [0.25, 0.3) is 0 Å². The molecule has 24 heavy (non-hydrogen) atoms. The molecular weight excluding hydrogens is 312 g/mol. The van der Waals surface area contributed by atoms with Gasteiger partial charge in [0.05, 0.1) is 15.2 Å². The Bertz CT molecular complexity index is 927. The lowest BCUT2D eigenvalue weighted by molar-refractivity contribution is 0.408. The Balaban J connectivity index is 2.18. The maximum Gasteiger partial charge on any atom is 0.131 e. The van der Waals surface area contributed by atoms with Crippen LogP contribution in [0.1, 0.15) is 34.9 Å². The second-order valence-electron chi connectivity index (χ2n) is 7.84. The predicted octanol–water partition coefficient (Wildman–Crippen LogP) is 5.08. The third-order valence-corrected chi connectivity index (χ3v) is 7.23. The highest BCUT2D eigenvalue weighted by atomic mass is 28.3. The average Bonchev–Trinajstić information content (AvgIpc) is 3.16. The SMILES string of the molecule is COc1c2c(c3ccccc3c1C(=C=O)[Si](C)(C)C)C1C=CC2C1. The van der Waals surface area contributed by atoms with E-state index in [1.165, 1.54) is 16.5 Å². The first-order valence-corrected chi connectivity index (χ1v) is 12.0. The van der Waals surface area contributed by atoms with Gasteiger partial charge in [0.15, 0.2) is 0 Å². The average molecular weight is 334 g/mol. The summed E-state index contributed by atoms with van der Waals surface area (Å²) in [5.41, 5.74) is 3.69. The molecule has 2 nitrogen and oxygen atoms in total. The van der Waals surface area contributed by atoms with Gasteiger partial charge in [-0.25, -0.2) is 4.79 Å². The van der Waals surface area contributed by atoms with Crippen LogP contribution in [0.5, 0.6) is 5.75 Å². The summed E-state index contributed by atoms with van der Waals surface area (Å²) in [6.07, 6.45) is 5.76. The van der Waals surface area contributed by atoms with Crippen molar-refractivity contribution in [1.82, 2.24) is 0 Å². The molecule has 4 rings (SSSR count). The Morgan fingerprint density at radius 1 is 1.08 bits per heavy atom. The fourth-order valence-corrected chi connectivity index (χ4v) is 5.70. The number of fused-ring (bicyclic) bond motifs is 7. The Kier molecular flexibility index (Phi) is 3.35. The molecule has 0 saturated carbocycles. The number of hydrogen-bond acceptors (Lipinski definition) is 2. The Labute approximate surface area is 143 Å². The zero-order valence-electron chi connectivity index (χ0n) is 14.6. The molecule has 0 aliphatic heterocycles. The van der Waals surface area contributed by atoms with Crippen LogP contribution in [0.15, 0.2) is 36.4 Å². The van der Waals surface area contributed by atoms with Crippen molar-refractivity contribution in [2.24, 2.45) is 0 Å². The second kappa shape index (κ2) is 5.20. The van der Waals surface area contributed by atoms with Crippen LogP contribution < -0.4 is 4.74 Å². The molecule has 2 aromatic carbocycles. The van der Waals surface area contributed by atoms with Crippen molar-refractivity contribution >= 4 is 30.0 Å². The summed E-state index contributed by atoms with van der Waals surface area (Å²) < 4.78 is 5.92. The number of rotatable bonds is 3. The molecule has 0 fully saturated rings. The highest BCUT2D eigenvalue weighted by Crippen LogP contribution is 2.56. The first-order valence-electron chi connectivity index (χ1n) is 8.54. The lowest BCUT2D eigenvalue weighted by atomic mass is 9.87. The molecule has 0 aromatic heterocycles. The normalized spacial score (nSPS) is 21.0. The van der Waals surface area contributed by atoms with Gasteiger partial charge in [-0.15, -0.1) is 0 Å². The number of ether oxygens (including phenoxy) is 1. The monoisotopic (exact) mass is 334 g/mol. The quantitative estimate of drug-likeness (QED) is 0.444. The van der Waals surface area contributed by atoms with E-state index in [0.717, 1.165) is 28.3 Å². The molecule has 0 saturated heterocycles. The largest absolute Gasteiger partial charge is 0.496 e. The lowest BCUT2D eigenvalue weighted by Gasteiger charge is -2.26. The van der Waals surface area contributed by atoms with Crippen LogP contribution in [-0.4, -0.2) is 21.1 Å². The Hall–Kier alpha value is -2.09. The number of benzene rings is 2. The summed E-state index contributed by atoms with van der Waals surface area (Å²) in [6, 6.07) is 8.46. The third kappa shape index (κ3) is 1.98. The van der Waals surface area contributed by atoms with Crippen molar-refractivity contribution in [1.29, 1.82) is 0 Å². The van der Waals surface area contributed by atoms with Crippen LogP contribution in [0, 0.1) is 0 Å². The predicted molar refractivity (Wildman–Crippen MR) is 102 cm³/mol. The first-order chi connectivity index (χ1) is 11.5. The van der Waals surface area contributed by atoms with Gasteiger partial charge in [-0.05, 0) is 22.8 Å². The zero-order chi connectivity index (χ0) is 17.1.